The molecular weight excluding hydrogens is 368 g/mol. The van der Waals surface area contributed by atoms with E-state index >= 15 is 0 Å². The van der Waals surface area contributed by atoms with E-state index in [-0.39, 0.29) is 6.61 Å². The highest BCUT2D eigenvalue weighted by atomic mass is 16.6. The summed E-state index contributed by atoms with van der Waals surface area (Å²) >= 11 is 0. The third kappa shape index (κ3) is 7.76. The van der Waals surface area contributed by atoms with Crippen molar-refractivity contribution in [3.05, 3.63) is 89.5 Å². The van der Waals surface area contributed by atoms with Crippen molar-refractivity contribution in [3.63, 3.8) is 0 Å². The maximum atomic E-state index is 12.2. The number of carbonyl (C=O) groups excluding carboxylic acids is 2. The molecule has 0 saturated carbocycles. The van der Waals surface area contributed by atoms with Gasteiger partial charge in [0.05, 0.1) is 6.61 Å². The molecule has 0 bridgehead atoms. The Bertz CT molecular complexity index is 840. The zero-order chi connectivity index (χ0) is 21.1. The Balaban J connectivity index is 1.79. The summed E-state index contributed by atoms with van der Waals surface area (Å²) in [5.41, 5.74) is 2.68. The van der Waals surface area contributed by atoms with Gasteiger partial charge in [0.25, 0.3) is 0 Å². The molecule has 152 valence electrons. The second-order valence-corrected chi connectivity index (χ2v) is 6.64. The van der Waals surface area contributed by atoms with Crippen molar-refractivity contribution in [3.8, 4) is 0 Å². The maximum absolute atomic E-state index is 12.2. The summed E-state index contributed by atoms with van der Waals surface area (Å²) in [6, 6.07) is 19.1. The Labute approximate surface area is 171 Å². The van der Waals surface area contributed by atoms with E-state index in [1.165, 1.54) is 0 Å². The highest BCUT2D eigenvalue weighted by Gasteiger charge is 2.18. The number of aryl methyl sites for hydroxylation is 1. The van der Waals surface area contributed by atoms with E-state index in [9.17, 15) is 14.7 Å². The van der Waals surface area contributed by atoms with Crippen molar-refractivity contribution in [2.24, 2.45) is 0 Å². The van der Waals surface area contributed by atoms with Crippen LogP contribution < -0.4 is 0 Å². The van der Waals surface area contributed by atoms with Gasteiger partial charge < -0.3 is 14.6 Å². The predicted octanol–water partition coefficient (Wildman–Crippen LogP) is 3.73. The van der Waals surface area contributed by atoms with E-state index in [4.69, 9.17) is 9.47 Å². The first-order chi connectivity index (χ1) is 14.0. The van der Waals surface area contributed by atoms with Crippen LogP contribution in [-0.4, -0.2) is 36.4 Å². The fraction of sp³-hybridized carbons (Fsp3) is 0.250. The normalized spacial score (nSPS) is 12.1. The molecule has 0 amide bonds. The fourth-order valence-electron chi connectivity index (χ4n) is 2.54. The standard InChI is InChI=1S/C24H26O5/c1-18(13-14-20-9-5-3-6-10-20)23(26)28-17-22(16-25)29-24(27)19(2)15-21-11-7-4-8-12-21/h3-12,15,22,25H,1,13-14,16-17H2,2H3. The number of hydrogen-bond donors (Lipinski definition) is 1. The van der Waals surface area contributed by atoms with Gasteiger partial charge in [-0.1, -0.05) is 67.2 Å². The lowest BCUT2D eigenvalue weighted by Gasteiger charge is -2.16. The first kappa shape index (κ1) is 22.1. The molecule has 0 aliphatic carbocycles. The Morgan fingerprint density at radius 3 is 2.28 bits per heavy atom. The van der Waals surface area contributed by atoms with Crippen LogP contribution in [0.3, 0.4) is 0 Å². The first-order valence-corrected chi connectivity index (χ1v) is 9.43. The molecule has 0 aromatic heterocycles. The third-order valence-corrected chi connectivity index (χ3v) is 4.23. The summed E-state index contributed by atoms with van der Waals surface area (Å²) in [4.78, 5) is 24.3. The van der Waals surface area contributed by atoms with Gasteiger partial charge in [-0.25, -0.2) is 9.59 Å². The number of aliphatic hydroxyl groups excluding tert-OH is 1. The minimum Gasteiger partial charge on any atom is -0.458 e. The molecule has 0 aliphatic rings. The van der Waals surface area contributed by atoms with Gasteiger partial charge in [-0.3, -0.25) is 0 Å². The molecular formula is C24H26O5. The lowest BCUT2D eigenvalue weighted by molar-refractivity contribution is -0.156. The minimum absolute atomic E-state index is 0.232. The van der Waals surface area contributed by atoms with Crippen molar-refractivity contribution < 1.29 is 24.2 Å². The van der Waals surface area contributed by atoms with Gasteiger partial charge in [-0.05, 0) is 37.0 Å². The molecule has 1 N–H and O–H groups in total. The predicted molar refractivity (Wildman–Crippen MR) is 112 cm³/mol. The Morgan fingerprint density at radius 1 is 1.03 bits per heavy atom. The molecule has 2 rings (SSSR count). The second kappa shape index (κ2) is 11.6. The van der Waals surface area contributed by atoms with Crippen LogP contribution in [0.5, 0.6) is 0 Å². The van der Waals surface area contributed by atoms with Gasteiger partial charge in [0.1, 0.15) is 6.61 Å². The minimum atomic E-state index is -0.938. The summed E-state index contributed by atoms with van der Waals surface area (Å²) in [6.07, 6.45) is 1.89. The maximum Gasteiger partial charge on any atom is 0.334 e. The van der Waals surface area contributed by atoms with Gasteiger partial charge in [0, 0.05) is 11.1 Å². The summed E-state index contributed by atoms with van der Waals surface area (Å²) in [5.74, 6) is -1.14. The molecule has 1 unspecified atom stereocenters. The van der Waals surface area contributed by atoms with E-state index in [1.54, 1.807) is 13.0 Å². The SMILES string of the molecule is C=C(CCc1ccccc1)C(=O)OCC(CO)OC(=O)C(C)=Cc1ccccc1. The van der Waals surface area contributed by atoms with Gasteiger partial charge in [0.15, 0.2) is 6.10 Å². The number of esters is 2. The lowest BCUT2D eigenvalue weighted by Crippen LogP contribution is -2.29. The van der Waals surface area contributed by atoms with Crippen molar-refractivity contribution in [2.45, 2.75) is 25.9 Å². The van der Waals surface area contributed by atoms with Gasteiger partial charge >= 0.3 is 11.9 Å². The van der Waals surface area contributed by atoms with E-state index < -0.39 is 24.6 Å². The van der Waals surface area contributed by atoms with E-state index in [0.29, 0.717) is 24.0 Å². The number of benzene rings is 2. The molecule has 0 aliphatic heterocycles. The molecule has 2 aromatic rings. The Hall–Kier alpha value is -3.18. The molecule has 5 heteroatoms. The number of hydrogen-bond acceptors (Lipinski definition) is 5. The number of carbonyl (C=O) groups is 2. The highest BCUT2D eigenvalue weighted by molar-refractivity contribution is 5.93. The lowest BCUT2D eigenvalue weighted by atomic mass is 10.1. The first-order valence-electron chi connectivity index (χ1n) is 9.43. The molecule has 1 atom stereocenters. The van der Waals surface area contributed by atoms with E-state index in [1.807, 2.05) is 60.7 Å². The molecule has 0 saturated heterocycles. The van der Waals surface area contributed by atoms with Crippen molar-refractivity contribution in [1.82, 2.24) is 0 Å². The number of aliphatic hydroxyl groups is 1. The molecule has 5 nitrogen and oxygen atoms in total. The molecule has 29 heavy (non-hydrogen) atoms. The van der Waals surface area contributed by atoms with Crippen molar-refractivity contribution in [1.29, 1.82) is 0 Å². The molecule has 2 aromatic carbocycles. The average Bonchev–Trinajstić information content (AvgIpc) is 2.75. The molecule has 0 spiro atoms. The van der Waals surface area contributed by atoms with Crippen molar-refractivity contribution >= 4 is 18.0 Å². The van der Waals surface area contributed by atoms with Gasteiger partial charge in [0.2, 0.25) is 0 Å². The zero-order valence-corrected chi connectivity index (χ0v) is 16.5. The zero-order valence-electron chi connectivity index (χ0n) is 16.5. The molecule has 0 heterocycles. The molecule has 0 fully saturated rings. The van der Waals surface area contributed by atoms with Gasteiger partial charge in [-0.15, -0.1) is 0 Å². The van der Waals surface area contributed by atoms with Crippen LogP contribution in [0.25, 0.3) is 6.08 Å². The summed E-state index contributed by atoms with van der Waals surface area (Å²) in [5, 5.41) is 9.44. The average molecular weight is 394 g/mol. The van der Waals surface area contributed by atoms with Crippen molar-refractivity contribution in [2.75, 3.05) is 13.2 Å². The topological polar surface area (TPSA) is 72.8 Å². The smallest absolute Gasteiger partial charge is 0.334 e. The summed E-state index contributed by atoms with van der Waals surface area (Å²) in [6.45, 7) is 4.70. The highest BCUT2D eigenvalue weighted by Crippen LogP contribution is 2.11. The van der Waals surface area contributed by atoms with Gasteiger partial charge in [-0.2, -0.15) is 0 Å². The van der Waals surface area contributed by atoms with Crippen LogP contribution in [0, 0.1) is 0 Å². The fourth-order valence-corrected chi connectivity index (χ4v) is 2.54. The monoisotopic (exact) mass is 394 g/mol. The van der Waals surface area contributed by atoms with E-state index in [2.05, 4.69) is 6.58 Å². The largest absolute Gasteiger partial charge is 0.458 e. The summed E-state index contributed by atoms with van der Waals surface area (Å²) in [7, 11) is 0. The Kier molecular flexibility index (Phi) is 8.86. The second-order valence-electron chi connectivity index (χ2n) is 6.64. The molecule has 0 radical (unpaired) electrons. The van der Waals surface area contributed by atoms with Crippen LogP contribution >= 0.6 is 0 Å². The summed E-state index contributed by atoms with van der Waals surface area (Å²) < 4.78 is 10.4. The third-order valence-electron chi connectivity index (χ3n) is 4.23. The van der Waals surface area contributed by atoms with Crippen LogP contribution in [0.15, 0.2) is 78.4 Å². The van der Waals surface area contributed by atoms with Crippen LogP contribution in [0.1, 0.15) is 24.5 Å². The van der Waals surface area contributed by atoms with Crippen LogP contribution in [-0.2, 0) is 25.5 Å². The Morgan fingerprint density at radius 2 is 1.66 bits per heavy atom. The number of ether oxygens (including phenoxy) is 2. The van der Waals surface area contributed by atoms with Crippen LogP contribution in [0.4, 0.5) is 0 Å². The van der Waals surface area contributed by atoms with Crippen LogP contribution in [0.2, 0.25) is 0 Å². The van der Waals surface area contributed by atoms with E-state index in [0.717, 1.165) is 11.1 Å². The number of rotatable bonds is 10. The quantitative estimate of drug-likeness (QED) is 0.491.